The van der Waals surface area contributed by atoms with Crippen LogP contribution in [0.25, 0.3) is 0 Å². The van der Waals surface area contributed by atoms with Crippen molar-refractivity contribution in [3.63, 3.8) is 0 Å². The minimum Gasteiger partial charge on any atom is -0.464 e. The molecule has 0 bridgehead atoms. The maximum Gasteiger partial charge on any atom is 0.647 e. The first-order valence-electron chi connectivity index (χ1n) is 10.4. The Balaban J connectivity index is 3.37. The minimum absolute atomic E-state index is 0.0399. The molecule has 1 atom stereocenters. The van der Waals surface area contributed by atoms with Crippen molar-refractivity contribution >= 4 is 51.7 Å². The fraction of sp³-hybridized carbons (Fsp3) is 0.722. The highest BCUT2D eigenvalue weighted by Crippen LogP contribution is 2.28. The molecule has 14 heteroatoms. The van der Waals surface area contributed by atoms with Gasteiger partial charge in [0.05, 0.1) is 26.7 Å². The highest BCUT2D eigenvalue weighted by molar-refractivity contribution is 6.87. The van der Waals surface area contributed by atoms with Crippen molar-refractivity contribution in [2.75, 3.05) is 20.8 Å². The predicted octanol–water partition coefficient (Wildman–Crippen LogP) is 2.80. The summed E-state index contributed by atoms with van der Waals surface area (Å²) in [5, 5.41) is 4.02. The molecule has 1 aliphatic heterocycles. The third kappa shape index (κ3) is 9.78. The number of esters is 2. The van der Waals surface area contributed by atoms with E-state index in [1.54, 1.807) is 0 Å². The number of ether oxygens (including phenoxy) is 2. The minimum atomic E-state index is -3.61. The number of nitrogens with one attached hydrogen (secondary N) is 1. The second-order valence-corrected chi connectivity index (χ2v) is 26.6. The lowest BCUT2D eigenvalue weighted by molar-refractivity contribution is -0.137. The summed E-state index contributed by atoms with van der Waals surface area (Å²) in [6.07, 6.45) is 1.53. The Morgan fingerprint density at radius 1 is 0.844 bits per heavy atom. The molecule has 184 valence electrons. The summed E-state index contributed by atoms with van der Waals surface area (Å²) in [5.41, 5.74) is 2.70. The van der Waals surface area contributed by atoms with E-state index in [1.165, 1.54) is 20.3 Å². The molecule has 1 rings (SSSR count). The molecule has 0 amide bonds. The molecule has 32 heavy (non-hydrogen) atoms. The Kier molecular flexibility index (Phi) is 9.80. The highest BCUT2D eigenvalue weighted by atomic mass is 28.5. The fourth-order valence-corrected chi connectivity index (χ4v) is 14.4. The highest BCUT2D eigenvalue weighted by Gasteiger charge is 2.54. The molecule has 0 saturated carbocycles. The van der Waals surface area contributed by atoms with Crippen molar-refractivity contribution in [2.24, 2.45) is 11.0 Å². The second-order valence-electron chi connectivity index (χ2n) is 10.2. The van der Waals surface area contributed by atoms with Gasteiger partial charge in [0.2, 0.25) is 0 Å². The van der Waals surface area contributed by atoms with Crippen LogP contribution in [0.4, 0.5) is 0 Å². The molecule has 0 saturated heterocycles. The standard InChI is InChI=1S/C18H38N2O8Si4/c1-23-17(21)15-12-14(16(20-19-15)18(22)24-2)13-25-32(26-29(3,4)5,27-30(6,7)8)28-31(9,10)11/h12,14,19H,13H2,1-11H3. The van der Waals surface area contributed by atoms with E-state index in [4.69, 9.17) is 26.2 Å². The SMILES string of the molecule is COC(=O)C1=CC(CO[Si](O[Si](C)(C)C)(O[Si](C)(C)C)O[Si](C)(C)C)C(C(=O)OC)=NN1. The van der Waals surface area contributed by atoms with Crippen molar-refractivity contribution in [1.29, 1.82) is 0 Å². The zero-order valence-electron chi connectivity index (χ0n) is 21.1. The molecule has 0 radical (unpaired) electrons. The van der Waals surface area contributed by atoms with Gasteiger partial charge >= 0.3 is 21.0 Å². The van der Waals surface area contributed by atoms with Gasteiger partial charge in [-0.1, -0.05) is 0 Å². The van der Waals surface area contributed by atoms with Crippen LogP contribution in [-0.2, 0) is 35.8 Å². The number of nitrogens with zero attached hydrogens (tertiary/aromatic N) is 1. The van der Waals surface area contributed by atoms with Crippen LogP contribution >= 0.6 is 0 Å². The summed E-state index contributed by atoms with van der Waals surface area (Å²) in [6.45, 7) is 18.3. The Labute approximate surface area is 195 Å². The zero-order chi connectivity index (χ0) is 25.0. The molecular formula is C18H38N2O8Si4. The van der Waals surface area contributed by atoms with Gasteiger partial charge in [-0.25, -0.2) is 9.59 Å². The first-order valence-corrected chi connectivity index (χ1v) is 22.2. The number of carbonyl (C=O) groups excluding carboxylic acids is 2. The van der Waals surface area contributed by atoms with Crippen LogP contribution in [0.15, 0.2) is 16.9 Å². The summed E-state index contributed by atoms with van der Waals surface area (Å²) < 4.78 is 35.4. The van der Waals surface area contributed by atoms with Crippen LogP contribution in [-0.4, -0.2) is 72.5 Å². The second kappa shape index (κ2) is 10.9. The molecule has 0 aromatic rings. The molecule has 0 fully saturated rings. The summed E-state index contributed by atoms with van der Waals surface area (Å²) in [7, 11) is -7.54. The number of carbonyl (C=O) groups is 2. The van der Waals surface area contributed by atoms with Crippen molar-refractivity contribution in [3.05, 3.63) is 11.8 Å². The number of hydrazone groups is 1. The zero-order valence-corrected chi connectivity index (χ0v) is 25.1. The predicted molar refractivity (Wildman–Crippen MR) is 131 cm³/mol. The van der Waals surface area contributed by atoms with E-state index in [-0.39, 0.29) is 18.0 Å². The lowest BCUT2D eigenvalue weighted by Gasteiger charge is -2.41. The first kappa shape index (κ1) is 28.9. The van der Waals surface area contributed by atoms with Gasteiger partial charge in [0, 0.05) is 0 Å². The molecule has 1 N–H and O–H groups in total. The molecule has 0 aromatic carbocycles. The van der Waals surface area contributed by atoms with Gasteiger partial charge in [-0.3, -0.25) is 5.43 Å². The van der Waals surface area contributed by atoms with Gasteiger partial charge in [0.15, 0.2) is 30.7 Å². The topological polar surface area (TPSA) is 114 Å². The van der Waals surface area contributed by atoms with Gasteiger partial charge in [-0.2, -0.15) is 5.10 Å². The van der Waals surface area contributed by atoms with E-state index in [1.807, 2.05) is 58.9 Å². The fourth-order valence-electron chi connectivity index (χ4n) is 2.64. The molecule has 0 spiro atoms. The van der Waals surface area contributed by atoms with Gasteiger partial charge in [0.25, 0.3) is 0 Å². The largest absolute Gasteiger partial charge is 0.647 e. The Hall–Kier alpha value is -1.14. The van der Waals surface area contributed by atoms with Crippen molar-refractivity contribution < 1.29 is 35.8 Å². The number of hydrogen-bond donors (Lipinski definition) is 1. The Morgan fingerprint density at radius 3 is 1.66 bits per heavy atom. The van der Waals surface area contributed by atoms with Gasteiger partial charge < -0.3 is 26.2 Å². The van der Waals surface area contributed by atoms with E-state index in [2.05, 4.69) is 10.5 Å². The molecule has 0 aliphatic carbocycles. The molecule has 1 heterocycles. The van der Waals surface area contributed by atoms with E-state index < -0.39 is 51.9 Å². The van der Waals surface area contributed by atoms with Crippen molar-refractivity contribution in [1.82, 2.24) is 5.43 Å². The lowest BCUT2D eigenvalue weighted by Crippen LogP contribution is -2.63. The van der Waals surface area contributed by atoms with Gasteiger partial charge in [-0.15, -0.1) is 0 Å². The molecule has 1 aliphatic rings. The van der Waals surface area contributed by atoms with Crippen LogP contribution in [0.1, 0.15) is 0 Å². The lowest BCUT2D eigenvalue weighted by atomic mass is 10.0. The van der Waals surface area contributed by atoms with E-state index >= 15 is 0 Å². The van der Waals surface area contributed by atoms with E-state index in [9.17, 15) is 9.59 Å². The molecular weight excluding hydrogens is 485 g/mol. The third-order valence-corrected chi connectivity index (χ3v) is 14.4. The summed E-state index contributed by atoms with van der Waals surface area (Å²) in [5.74, 6) is -1.94. The average Bonchev–Trinajstić information content (AvgIpc) is 2.60. The number of rotatable bonds is 11. The first-order chi connectivity index (χ1) is 14.4. The normalized spacial score (nSPS) is 17.8. The Bertz CT molecular complexity index is 713. The monoisotopic (exact) mass is 522 g/mol. The molecule has 0 aromatic heterocycles. The van der Waals surface area contributed by atoms with Crippen molar-refractivity contribution in [3.8, 4) is 0 Å². The van der Waals surface area contributed by atoms with Crippen molar-refractivity contribution in [2.45, 2.75) is 58.9 Å². The van der Waals surface area contributed by atoms with E-state index in [0.717, 1.165) is 0 Å². The van der Waals surface area contributed by atoms with Crippen LogP contribution in [0.2, 0.25) is 58.9 Å². The van der Waals surface area contributed by atoms with Crippen LogP contribution in [0.5, 0.6) is 0 Å². The molecule has 10 nitrogen and oxygen atoms in total. The number of hydrogen-bond acceptors (Lipinski definition) is 10. The average molecular weight is 523 g/mol. The van der Waals surface area contributed by atoms with Crippen LogP contribution < -0.4 is 5.43 Å². The quantitative estimate of drug-likeness (QED) is 0.323. The van der Waals surface area contributed by atoms with Crippen LogP contribution in [0.3, 0.4) is 0 Å². The Morgan fingerprint density at radius 2 is 1.28 bits per heavy atom. The summed E-state index contributed by atoms with van der Waals surface area (Å²) in [6, 6.07) is 0. The maximum absolute atomic E-state index is 12.3. The van der Waals surface area contributed by atoms with Gasteiger partial charge in [0.1, 0.15) is 5.70 Å². The molecule has 1 unspecified atom stereocenters. The summed E-state index contributed by atoms with van der Waals surface area (Å²) >= 11 is 0. The third-order valence-electron chi connectivity index (χ3n) is 3.55. The van der Waals surface area contributed by atoms with Gasteiger partial charge in [-0.05, 0) is 65.0 Å². The number of methoxy groups -OCH3 is 2. The maximum atomic E-state index is 12.3. The van der Waals surface area contributed by atoms with E-state index in [0.29, 0.717) is 0 Å². The summed E-state index contributed by atoms with van der Waals surface area (Å²) in [4.78, 5) is 24.3. The van der Waals surface area contributed by atoms with Crippen LogP contribution in [0, 0.1) is 5.92 Å². The smallest absolute Gasteiger partial charge is 0.464 e.